The van der Waals surface area contributed by atoms with E-state index in [2.05, 4.69) is 48.3 Å². The summed E-state index contributed by atoms with van der Waals surface area (Å²) in [6, 6.07) is 30.3. The maximum absolute atomic E-state index is 13.3. The predicted molar refractivity (Wildman–Crippen MR) is 162 cm³/mol. The largest absolute Gasteiger partial charge is 0.328 e. The molecule has 2 aliphatic rings. The second kappa shape index (κ2) is 10.5. The summed E-state index contributed by atoms with van der Waals surface area (Å²) < 4.78 is 0. The molecule has 0 spiro atoms. The number of halogens is 1. The van der Waals surface area contributed by atoms with Gasteiger partial charge in [0.2, 0.25) is 11.8 Å². The Balaban J connectivity index is 0.00000308. The molecule has 0 atom stereocenters. The number of aryl methyl sites for hydroxylation is 1. The lowest BCUT2D eigenvalue weighted by molar-refractivity contribution is -0.124. The van der Waals surface area contributed by atoms with Crippen molar-refractivity contribution in [2.24, 2.45) is 4.99 Å². The van der Waals surface area contributed by atoms with Crippen LogP contribution in [-0.4, -0.2) is 29.7 Å². The Kier molecular flexibility index (Phi) is 7.15. The number of rotatable bonds is 5. The van der Waals surface area contributed by atoms with Crippen LogP contribution >= 0.6 is 12.4 Å². The number of fused-ring (bicyclic) bond motifs is 3. The topological polar surface area (TPSA) is 65.0 Å². The summed E-state index contributed by atoms with van der Waals surface area (Å²) in [5, 5.41) is 4.89. The molecule has 6 nitrogen and oxygen atoms in total. The Morgan fingerprint density at radius 3 is 2.28 bits per heavy atom. The van der Waals surface area contributed by atoms with Crippen LogP contribution in [0.1, 0.15) is 32.3 Å². The molecule has 2 aliphatic heterocycles. The minimum absolute atomic E-state index is 0. The lowest BCUT2D eigenvalue weighted by Crippen LogP contribution is -2.32. The Hall–Kier alpha value is -4.16. The summed E-state index contributed by atoms with van der Waals surface area (Å²) in [4.78, 5) is 34.8. The highest BCUT2D eigenvalue weighted by molar-refractivity contribution is 6.21. The molecule has 0 aliphatic carbocycles. The number of carbonyl (C=O) groups excluding carboxylic acids is 2. The highest BCUT2D eigenvalue weighted by Crippen LogP contribution is 2.40. The van der Waals surface area contributed by atoms with Gasteiger partial charge in [0, 0.05) is 29.7 Å². The molecule has 0 aromatic heterocycles. The number of aliphatic imine (C=N–C) groups is 1. The molecule has 39 heavy (non-hydrogen) atoms. The molecular formula is C32H31ClN4O2. The van der Waals surface area contributed by atoms with Crippen LogP contribution in [0.15, 0.2) is 96.0 Å². The number of nitrogens with zero attached hydrogens (tertiary/aromatic N) is 3. The Morgan fingerprint density at radius 1 is 0.821 bits per heavy atom. The van der Waals surface area contributed by atoms with Crippen molar-refractivity contribution in [1.82, 2.24) is 0 Å². The van der Waals surface area contributed by atoms with Gasteiger partial charge in [0.05, 0.1) is 16.9 Å². The third-order valence-electron chi connectivity index (χ3n) is 7.16. The van der Waals surface area contributed by atoms with Gasteiger partial charge in [0.25, 0.3) is 0 Å². The minimum Gasteiger partial charge on any atom is -0.328 e. The molecule has 6 rings (SSSR count). The summed E-state index contributed by atoms with van der Waals surface area (Å²) in [5.74, 6) is 0.519. The zero-order valence-corrected chi connectivity index (χ0v) is 22.9. The first-order chi connectivity index (χ1) is 18.4. The van der Waals surface area contributed by atoms with Crippen molar-refractivity contribution >= 4 is 63.6 Å². The van der Waals surface area contributed by atoms with E-state index in [-0.39, 0.29) is 36.2 Å². The second-order valence-corrected chi connectivity index (χ2v) is 10.6. The van der Waals surface area contributed by atoms with Gasteiger partial charge < -0.3 is 10.2 Å². The van der Waals surface area contributed by atoms with Gasteiger partial charge in [-0.25, -0.2) is 0 Å². The summed E-state index contributed by atoms with van der Waals surface area (Å²) in [6.45, 7) is 5.11. The maximum atomic E-state index is 13.3. The zero-order valence-electron chi connectivity index (χ0n) is 22.1. The maximum Gasteiger partial charge on any atom is 0.241 e. The molecule has 2 amide bonds. The van der Waals surface area contributed by atoms with E-state index in [1.807, 2.05) is 66.7 Å². The average molecular weight is 539 g/mol. The number of amidine groups is 1. The molecule has 0 saturated heterocycles. The molecule has 0 radical (unpaired) electrons. The standard InChI is InChI=1S/C32H30N4O2.ClH/c1-32(2)21-35(28(34-32)19-12-22-8-4-3-5-9-22)24-14-16-25(17-15-24)36-27-18-13-23-10-6-7-11-26(23)31(27)33-29(37)20-30(36)38;/h3-11,13-18H,12,19-21H2,1-2H3,(H,33,37);1H. The van der Waals surface area contributed by atoms with Crippen molar-refractivity contribution in [3.63, 3.8) is 0 Å². The van der Waals surface area contributed by atoms with E-state index in [4.69, 9.17) is 4.99 Å². The van der Waals surface area contributed by atoms with E-state index in [0.29, 0.717) is 11.4 Å². The van der Waals surface area contributed by atoms with Gasteiger partial charge in [-0.3, -0.25) is 19.5 Å². The highest BCUT2D eigenvalue weighted by atomic mass is 35.5. The third-order valence-corrected chi connectivity index (χ3v) is 7.16. The van der Waals surface area contributed by atoms with E-state index < -0.39 is 0 Å². The smallest absolute Gasteiger partial charge is 0.241 e. The number of hydrogen-bond acceptors (Lipinski definition) is 4. The molecule has 4 aromatic carbocycles. The third kappa shape index (κ3) is 5.25. The molecule has 2 heterocycles. The van der Waals surface area contributed by atoms with Gasteiger partial charge in [-0.1, -0.05) is 60.7 Å². The normalized spacial score (nSPS) is 16.3. The van der Waals surface area contributed by atoms with Crippen LogP contribution < -0.4 is 15.1 Å². The van der Waals surface area contributed by atoms with E-state index in [9.17, 15) is 9.59 Å². The Labute approximate surface area is 234 Å². The van der Waals surface area contributed by atoms with Crippen LogP contribution in [-0.2, 0) is 16.0 Å². The van der Waals surface area contributed by atoms with Crippen molar-refractivity contribution in [2.45, 2.75) is 38.6 Å². The summed E-state index contributed by atoms with van der Waals surface area (Å²) in [5.41, 5.74) is 4.25. The van der Waals surface area contributed by atoms with Gasteiger partial charge in [-0.2, -0.15) is 0 Å². The van der Waals surface area contributed by atoms with Crippen molar-refractivity contribution in [3.05, 3.63) is 96.6 Å². The van der Waals surface area contributed by atoms with Crippen LogP contribution in [0.3, 0.4) is 0 Å². The van der Waals surface area contributed by atoms with Gasteiger partial charge in [0.1, 0.15) is 12.3 Å². The molecule has 0 bridgehead atoms. The van der Waals surface area contributed by atoms with Crippen molar-refractivity contribution in [3.8, 4) is 0 Å². The summed E-state index contributed by atoms with van der Waals surface area (Å²) in [7, 11) is 0. The zero-order chi connectivity index (χ0) is 26.3. The predicted octanol–water partition coefficient (Wildman–Crippen LogP) is 6.90. The molecule has 1 N–H and O–H groups in total. The molecule has 0 unspecified atom stereocenters. The van der Waals surface area contributed by atoms with Gasteiger partial charge >= 0.3 is 0 Å². The molecular weight excluding hydrogens is 508 g/mol. The van der Waals surface area contributed by atoms with Crippen LogP contribution in [0.2, 0.25) is 0 Å². The number of nitrogens with one attached hydrogen (secondary N) is 1. The summed E-state index contributed by atoms with van der Waals surface area (Å²) >= 11 is 0. The number of anilines is 4. The fourth-order valence-electron chi connectivity index (χ4n) is 5.43. The quantitative estimate of drug-likeness (QED) is 0.281. The molecule has 0 fully saturated rings. The fourth-order valence-corrected chi connectivity index (χ4v) is 5.43. The summed E-state index contributed by atoms with van der Waals surface area (Å²) in [6.07, 6.45) is 1.58. The molecule has 0 saturated carbocycles. The SMILES string of the molecule is CC1(C)CN(c2ccc(N3C(=O)CC(=O)Nc4c3ccc3ccccc43)cc2)C(CCc2ccccc2)=N1.Cl. The number of benzene rings is 4. The lowest BCUT2D eigenvalue weighted by Gasteiger charge is -2.26. The Bertz CT molecular complexity index is 1560. The number of carbonyl (C=O) groups is 2. The number of hydrogen-bond donors (Lipinski definition) is 1. The second-order valence-electron chi connectivity index (χ2n) is 10.6. The van der Waals surface area contributed by atoms with E-state index in [1.165, 1.54) is 5.56 Å². The van der Waals surface area contributed by atoms with Crippen molar-refractivity contribution < 1.29 is 9.59 Å². The fraction of sp³-hybridized carbons (Fsp3) is 0.219. The molecule has 198 valence electrons. The van der Waals surface area contributed by atoms with Crippen LogP contribution in [0, 0.1) is 0 Å². The van der Waals surface area contributed by atoms with Crippen LogP contribution in [0.5, 0.6) is 0 Å². The van der Waals surface area contributed by atoms with E-state index in [0.717, 1.165) is 47.4 Å². The van der Waals surface area contributed by atoms with Gasteiger partial charge in [-0.15, -0.1) is 12.4 Å². The van der Waals surface area contributed by atoms with E-state index in [1.54, 1.807) is 4.90 Å². The molecule has 4 aromatic rings. The first-order valence-electron chi connectivity index (χ1n) is 13.0. The van der Waals surface area contributed by atoms with E-state index >= 15 is 0 Å². The lowest BCUT2D eigenvalue weighted by atomic mass is 10.1. The van der Waals surface area contributed by atoms with Crippen LogP contribution in [0.25, 0.3) is 10.8 Å². The van der Waals surface area contributed by atoms with Crippen LogP contribution in [0.4, 0.5) is 22.7 Å². The first kappa shape index (κ1) is 26.4. The monoisotopic (exact) mass is 538 g/mol. The van der Waals surface area contributed by atoms with Crippen molar-refractivity contribution in [2.75, 3.05) is 21.7 Å². The number of amides is 2. The minimum atomic E-state index is -0.301. The highest BCUT2D eigenvalue weighted by Gasteiger charge is 2.32. The van der Waals surface area contributed by atoms with Crippen molar-refractivity contribution in [1.29, 1.82) is 0 Å². The first-order valence-corrected chi connectivity index (χ1v) is 13.0. The molecule has 7 heteroatoms. The van der Waals surface area contributed by atoms with Gasteiger partial charge in [0.15, 0.2) is 0 Å². The van der Waals surface area contributed by atoms with Gasteiger partial charge in [-0.05, 0) is 61.5 Å². The average Bonchev–Trinajstić information content (AvgIpc) is 3.16. The Morgan fingerprint density at radius 2 is 1.51 bits per heavy atom.